The van der Waals surface area contributed by atoms with Crippen LogP contribution in [-0.4, -0.2) is 24.9 Å². The molecular weight excluding hydrogens is 394 g/mol. The van der Waals surface area contributed by atoms with Crippen molar-refractivity contribution in [1.29, 1.82) is 0 Å². The summed E-state index contributed by atoms with van der Waals surface area (Å²) in [5, 5.41) is 0. The molecule has 0 aliphatic rings. The summed E-state index contributed by atoms with van der Waals surface area (Å²) >= 11 is 0. The fourth-order valence-corrected chi connectivity index (χ4v) is 3.40. The van der Waals surface area contributed by atoms with Gasteiger partial charge in [-0.1, -0.05) is 30.3 Å². The number of nitrogens with zero attached hydrogens (tertiary/aromatic N) is 5. The van der Waals surface area contributed by atoms with E-state index < -0.39 is 0 Å². The van der Waals surface area contributed by atoms with Gasteiger partial charge in [-0.25, -0.2) is 15.0 Å². The number of pyridine rings is 5. The molecule has 0 atom stereocenters. The van der Waals surface area contributed by atoms with Gasteiger partial charge in [0.2, 0.25) is 0 Å². The summed E-state index contributed by atoms with van der Waals surface area (Å²) in [5.41, 5.74) is 8.73. The first kappa shape index (κ1) is 19.7. The predicted octanol–water partition coefficient (Wildman–Crippen LogP) is 5.95. The van der Waals surface area contributed by atoms with Crippen molar-refractivity contribution >= 4 is 0 Å². The molecule has 5 rings (SSSR count). The second-order valence-electron chi connectivity index (χ2n) is 7.67. The Hall–Kier alpha value is -4.25. The largest absolute Gasteiger partial charge is 0.254 e. The molecule has 5 aromatic rings. The lowest BCUT2D eigenvalue weighted by Crippen LogP contribution is -1.95. The minimum atomic E-state index is 0.789. The lowest BCUT2D eigenvalue weighted by Gasteiger charge is -2.07. The highest BCUT2D eigenvalue weighted by Gasteiger charge is 2.09. The van der Waals surface area contributed by atoms with Gasteiger partial charge in [0.1, 0.15) is 0 Å². The van der Waals surface area contributed by atoms with Crippen molar-refractivity contribution in [3.8, 4) is 45.6 Å². The first-order chi connectivity index (χ1) is 15.7. The van der Waals surface area contributed by atoms with Gasteiger partial charge in [-0.15, -0.1) is 0 Å². The van der Waals surface area contributed by atoms with E-state index >= 15 is 0 Å². The van der Waals surface area contributed by atoms with Gasteiger partial charge in [-0.2, -0.15) is 0 Å². The van der Waals surface area contributed by atoms with Crippen LogP contribution in [-0.2, 0) is 0 Å². The van der Waals surface area contributed by atoms with Crippen LogP contribution in [0.3, 0.4) is 0 Å². The first-order valence-electron chi connectivity index (χ1n) is 10.4. The highest BCUT2D eigenvalue weighted by atomic mass is 14.8. The lowest BCUT2D eigenvalue weighted by molar-refractivity contribution is 1.19. The molecule has 0 saturated heterocycles. The van der Waals surface area contributed by atoms with Crippen molar-refractivity contribution in [2.45, 2.75) is 13.8 Å². The Labute approximate surface area is 186 Å². The first-order valence-corrected chi connectivity index (χ1v) is 10.4. The second kappa shape index (κ2) is 8.47. The van der Waals surface area contributed by atoms with Crippen LogP contribution in [0, 0.1) is 13.8 Å². The summed E-state index contributed by atoms with van der Waals surface area (Å²) < 4.78 is 0. The summed E-state index contributed by atoms with van der Waals surface area (Å²) in [7, 11) is 0. The van der Waals surface area contributed by atoms with Crippen molar-refractivity contribution in [3.63, 3.8) is 0 Å². The molecular formula is C27H21N5. The predicted molar refractivity (Wildman–Crippen MR) is 127 cm³/mol. The van der Waals surface area contributed by atoms with Crippen molar-refractivity contribution in [3.05, 3.63) is 102 Å². The molecule has 0 aliphatic heterocycles. The normalized spacial score (nSPS) is 10.8. The minimum absolute atomic E-state index is 0.789. The summed E-state index contributed by atoms with van der Waals surface area (Å²) in [6.07, 6.45) is 3.70. The van der Waals surface area contributed by atoms with Gasteiger partial charge < -0.3 is 0 Å². The van der Waals surface area contributed by atoms with E-state index in [9.17, 15) is 0 Å². The summed E-state index contributed by atoms with van der Waals surface area (Å²) in [4.78, 5) is 23.4. The quantitative estimate of drug-likeness (QED) is 0.363. The monoisotopic (exact) mass is 415 g/mol. The van der Waals surface area contributed by atoms with E-state index in [2.05, 4.69) is 9.97 Å². The maximum atomic E-state index is 4.85. The second-order valence-corrected chi connectivity index (χ2v) is 7.67. The third kappa shape index (κ3) is 4.14. The van der Waals surface area contributed by atoms with Crippen molar-refractivity contribution in [1.82, 2.24) is 24.9 Å². The van der Waals surface area contributed by atoms with Crippen molar-refractivity contribution < 1.29 is 0 Å². The summed E-state index contributed by atoms with van der Waals surface area (Å²) in [6.45, 7) is 4.04. The van der Waals surface area contributed by atoms with Gasteiger partial charge in [0.05, 0.1) is 45.6 Å². The number of hydrogen-bond donors (Lipinski definition) is 0. The molecule has 5 nitrogen and oxygen atoms in total. The zero-order chi connectivity index (χ0) is 21.9. The molecule has 154 valence electrons. The van der Waals surface area contributed by atoms with E-state index in [0.717, 1.165) is 56.7 Å². The van der Waals surface area contributed by atoms with Gasteiger partial charge in [0.15, 0.2) is 0 Å². The molecule has 0 unspecified atom stereocenters. The Balaban J connectivity index is 1.49. The topological polar surface area (TPSA) is 64.5 Å². The highest BCUT2D eigenvalue weighted by Crippen LogP contribution is 2.24. The Morgan fingerprint density at radius 2 is 0.688 bits per heavy atom. The Kier molecular flexibility index (Phi) is 5.22. The molecule has 5 aromatic heterocycles. The summed E-state index contributed by atoms with van der Waals surface area (Å²) in [5.74, 6) is 0. The van der Waals surface area contributed by atoms with Crippen LogP contribution in [0.2, 0.25) is 0 Å². The van der Waals surface area contributed by atoms with E-state index in [-0.39, 0.29) is 0 Å². The van der Waals surface area contributed by atoms with Crippen LogP contribution in [0.4, 0.5) is 0 Å². The van der Waals surface area contributed by atoms with E-state index in [1.54, 1.807) is 0 Å². The van der Waals surface area contributed by atoms with Crippen LogP contribution in [0.5, 0.6) is 0 Å². The minimum Gasteiger partial charge on any atom is -0.254 e. The maximum absolute atomic E-state index is 4.85. The van der Waals surface area contributed by atoms with Crippen LogP contribution < -0.4 is 0 Å². The van der Waals surface area contributed by atoms with Gasteiger partial charge in [0, 0.05) is 12.4 Å². The molecule has 0 aromatic carbocycles. The Bertz CT molecular complexity index is 1270. The molecule has 0 aliphatic carbocycles. The SMILES string of the molecule is Cc1ccc(-c2cccc(-c3cccc(-c4cccc(-c5ccc(C)cn5)n4)n3)n2)nc1. The number of hydrogen-bond acceptors (Lipinski definition) is 5. The molecule has 0 saturated carbocycles. The standard InChI is InChI=1S/C27H21N5/c1-18-12-14-20(28-16-18)22-6-3-8-24(30-22)26-10-5-11-27(32-26)25-9-4-7-23(31-25)21-15-13-19(2)17-29-21/h3-17H,1-2H3. The molecule has 0 bridgehead atoms. The van der Waals surface area contributed by atoms with E-state index in [1.807, 2.05) is 105 Å². The van der Waals surface area contributed by atoms with Crippen LogP contribution in [0.1, 0.15) is 11.1 Å². The third-order valence-corrected chi connectivity index (χ3v) is 5.12. The fraction of sp³-hybridized carbons (Fsp3) is 0.0741. The van der Waals surface area contributed by atoms with E-state index in [0.29, 0.717) is 0 Å². The average Bonchev–Trinajstić information content (AvgIpc) is 2.85. The van der Waals surface area contributed by atoms with Crippen LogP contribution in [0.15, 0.2) is 91.3 Å². The van der Waals surface area contributed by atoms with E-state index in [4.69, 9.17) is 15.0 Å². The third-order valence-electron chi connectivity index (χ3n) is 5.12. The smallest absolute Gasteiger partial charge is 0.0894 e. The van der Waals surface area contributed by atoms with Gasteiger partial charge in [-0.05, 0) is 73.5 Å². The molecule has 0 radical (unpaired) electrons. The number of rotatable bonds is 4. The molecule has 5 heteroatoms. The lowest BCUT2D eigenvalue weighted by atomic mass is 10.1. The molecule has 0 fully saturated rings. The number of aryl methyl sites for hydroxylation is 2. The van der Waals surface area contributed by atoms with Crippen LogP contribution >= 0.6 is 0 Å². The van der Waals surface area contributed by atoms with E-state index in [1.165, 1.54) is 0 Å². The van der Waals surface area contributed by atoms with Crippen LogP contribution in [0.25, 0.3) is 45.6 Å². The van der Waals surface area contributed by atoms with Gasteiger partial charge in [-0.3, -0.25) is 9.97 Å². The zero-order valence-corrected chi connectivity index (χ0v) is 17.9. The molecule has 0 amide bonds. The van der Waals surface area contributed by atoms with Gasteiger partial charge >= 0.3 is 0 Å². The zero-order valence-electron chi connectivity index (χ0n) is 17.9. The van der Waals surface area contributed by atoms with Gasteiger partial charge in [0.25, 0.3) is 0 Å². The maximum Gasteiger partial charge on any atom is 0.0894 e. The van der Waals surface area contributed by atoms with Crippen molar-refractivity contribution in [2.24, 2.45) is 0 Å². The molecule has 32 heavy (non-hydrogen) atoms. The highest BCUT2D eigenvalue weighted by molar-refractivity contribution is 5.66. The van der Waals surface area contributed by atoms with Crippen molar-refractivity contribution in [2.75, 3.05) is 0 Å². The average molecular weight is 416 g/mol. The summed E-state index contributed by atoms with van der Waals surface area (Å²) in [6, 6.07) is 25.8. The Morgan fingerprint density at radius 1 is 0.375 bits per heavy atom. The molecule has 0 spiro atoms. The molecule has 0 N–H and O–H groups in total. The number of aromatic nitrogens is 5. The Morgan fingerprint density at radius 3 is 0.969 bits per heavy atom. The fourth-order valence-electron chi connectivity index (χ4n) is 3.40. The molecule has 5 heterocycles.